The summed E-state index contributed by atoms with van der Waals surface area (Å²) in [4.78, 5) is 25.7. The second-order valence-corrected chi connectivity index (χ2v) is 6.47. The number of carbonyl (C=O) groups is 2. The van der Waals surface area contributed by atoms with Crippen LogP contribution in [0, 0.1) is 0 Å². The van der Waals surface area contributed by atoms with Gasteiger partial charge in [-0.3, -0.25) is 4.79 Å². The molecule has 0 aromatic heterocycles. The molecule has 3 rings (SSSR count). The normalized spacial score (nSPS) is 19.4. The molecule has 2 heterocycles. The van der Waals surface area contributed by atoms with Gasteiger partial charge in [0.05, 0.1) is 23.7 Å². The number of benzene rings is 1. The molecular formula is C15H16Cl2N2O4. The molecular weight excluding hydrogens is 343 g/mol. The van der Waals surface area contributed by atoms with E-state index in [2.05, 4.69) is 5.32 Å². The lowest BCUT2D eigenvalue weighted by Gasteiger charge is -2.37. The van der Waals surface area contributed by atoms with Crippen LogP contribution in [0.3, 0.4) is 0 Å². The minimum Gasteiger partial charge on any atom is -0.494 e. The van der Waals surface area contributed by atoms with Crippen molar-refractivity contribution in [3.8, 4) is 5.75 Å². The summed E-state index contributed by atoms with van der Waals surface area (Å²) in [6.07, 6.45) is 0.764. The van der Waals surface area contributed by atoms with E-state index >= 15 is 0 Å². The molecule has 1 spiro atoms. The summed E-state index contributed by atoms with van der Waals surface area (Å²) in [7, 11) is 1.45. The van der Waals surface area contributed by atoms with E-state index in [1.165, 1.54) is 7.11 Å². The van der Waals surface area contributed by atoms with Crippen molar-refractivity contribution in [2.45, 2.75) is 18.4 Å². The molecule has 23 heavy (non-hydrogen) atoms. The lowest BCUT2D eigenvalue weighted by molar-refractivity contribution is 0.00325. The number of ether oxygens (including phenoxy) is 2. The summed E-state index contributed by atoms with van der Waals surface area (Å²) in [5.41, 5.74) is -0.241. The molecule has 0 aliphatic carbocycles. The third-order valence-corrected chi connectivity index (χ3v) is 4.92. The van der Waals surface area contributed by atoms with E-state index in [1.54, 1.807) is 17.0 Å². The third-order valence-electron chi connectivity index (χ3n) is 4.30. The summed E-state index contributed by atoms with van der Waals surface area (Å²) >= 11 is 12.2. The topological polar surface area (TPSA) is 67.9 Å². The monoisotopic (exact) mass is 358 g/mol. The first-order valence-corrected chi connectivity index (χ1v) is 7.99. The number of likely N-dealkylation sites (tertiary alicyclic amines) is 1. The van der Waals surface area contributed by atoms with Gasteiger partial charge in [0, 0.05) is 25.9 Å². The van der Waals surface area contributed by atoms with E-state index in [4.69, 9.17) is 32.7 Å². The minimum atomic E-state index is -0.504. The van der Waals surface area contributed by atoms with Crippen LogP contribution in [-0.4, -0.2) is 49.2 Å². The van der Waals surface area contributed by atoms with Crippen molar-refractivity contribution in [1.29, 1.82) is 0 Å². The van der Waals surface area contributed by atoms with E-state index in [0.717, 1.165) is 0 Å². The molecule has 1 aromatic carbocycles. The number of amides is 2. The smallest absolute Gasteiger partial charge is 0.407 e. The average molecular weight is 359 g/mol. The largest absolute Gasteiger partial charge is 0.494 e. The van der Waals surface area contributed by atoms with Crippen molar-refractivity contribution >= 4 is 35.2 Å². The second kappa shape index (κ2) is 6.09. The standard InChI is InChI=1S/C15H16Cl2N2O4/c1-22-12-10(17)3-2-9(16)11(12)13(20)19-6-4-15(5-7-19)8-18-14(21)23-15/h2-3H,4-8H2,1H3,(H,18,21). The van der Waals surface area contributed by atoms with Crippen LogP contribution < -0.4 is 10.1 Å². The van der Waals surface area contributed by atoms with Gasteiger partial charge in [-0.1, -0.05) is 23.2 Å². The first-order valence-electron chi connectivity index (χ1n) is 7.24. The molecule has 0 saturated carbocycles. The Kier molecular flexibility index (Phi) is 4.29. The molecule has 6 nitrogen and oxygen atoms in total. The van der Waals surface area contributed by atoms with Crippen LogP contribution in [0.25, 0.3) is 0 Å². The lowest BCUT2D eigenvalue weighted by Crippen LogP contribution is -2.48. The van der Waals surface area contributed by atoms with Gasteiger partial charge in [-0.2, -0.15) is 0 Å². The highest BCUT2D eigenvalue weighted by molar-refractivity contribution is 6.37. The Bertz CT molecular complexity index is 657. The summed E-state index contributed by atoms with van der Waals surface area (Å²) < 4.78 is 10.6. The van der Waals surface area contributed by atoms with Gasteiger partial charge in [-0.25, -0.2) is 4.79 Å². The predicted octanol–water partition coefficient (Wildman–Crippen LogP) is 2.72. The quantitative estimate of drug-likeness (QED) is 0.882. The number of nitrogens with one attached hydrogen (secondary N) is 1. The van der Waals surface area contributed by atoms with Crippen LogP contribution in [0.5, 0.6) is 5.75 Å². The Labute approximate surface area is 143 Å². The van der Waals surface area contributed by atoms with Crippen molar-refractivity contribution in [2.24, 2.45) is 0 Å². The Morgan fingerprint density at radius 1 is 1.30 bits per heavy atom. The predicted molar refractivity (Wildman–Crippen MR) is 85.4 cm³/mol. The maximum absolute atomic E-state index is 12.8. The van der Waals surface area contributed by atoms with Crippen molar-refractivity contribution in [1.82, 2.24) is 10.2 Å². The van der Waals surface area contributed by atoms with Gasteiger partial charge in [0.25, 0.3) is 5.91 Å². The van der Waals surface area contributed by atoms with Crippen molar-refractivity contribution in [3.63, 3.8) is 0 Å². The van der Waals surface area contributed by atoms with Gasteiger partial charge in [0.1, 0.15) is 11.2 Å². The van der Waals surface area contributed by atoms with Crippen LogP contribution in [0.4, 0.5) is 4.79 Å². The molecule has 0 unspecified atom stereocenters. The van der Waals surface area contributed by atoms with Gasteiger partial charge in [-0.15, -0.1) is 0 Å². The van der Waals surface area contributed by atoms with Crippen molar-refractivity contribution in [2.75, 3.05) is 26.7 Å². The molecule has 0 atom stereocenters. The summed E-state index contributed by atoms with van der Waals surface area (Å²) in [5, 5.41) is 3.30. The fourth-order valence-corrected chi connectivity index (χ4v) is 3.45. The number of halogens is 2. The Morgan fingerprint density at radius 3 is 2.52 bits per heavy atom. The molecule has 1 aromatic rings. The van der Waals surface area contributed by atoms with Gasteiger partial charge < -0.3 is 19.7 Å². The van der Waals surface area contributed by atoms with Crippen LogP contribution in [-0.2, 0) is 4.74 Å². The van der Waals surface area contributed by atoms with Crippen molar-refractivity contribution < 1.29 is 19.1 Å². The molecule has 2 saturated heterocycles. The van der Waals surface area contributed by atoms with E-state index in [9.17, 15) is 9.59 Å². The Morgan fingerprint density at radius 2 is 1.96 bits per heavy atom. The molecule has 2 aliphatic heterocycles. The fourth-order valence-electron chi connectivity index (χ4n) is 2.99. The van der Waals surface area contributed by atoms with Gasteiger partial charge in [0.2, 0.25) is 0 Å². The van der Waals surface area contributed by atoms with Gasteiger partial charge in [0.15, 0.2) is 5.75 Å². The van der Waals surface area contributed by atoms with Crippen LogP contribution in [0.1, 0.15) is 23.2 Å². The number of hydrogen-bond donors (Lipinski definition) is 1. The SMILES string of the molecule is COc1c(Cl)ccc(Cl)c1C(=O)N1CCC2(CC1)CNC(=O)O2. The highest BCUT2D eigenvalue weighted by Gasteiger charge is 2.44. The maximum Gasteiger partial charge on any atom is 0.407 e. The molecule has 1 N–H and O–H groups in total. The molecule has 0 bridgehead atoms. The average Bonchev–Trinajstić information content (AvgIpc) is 2.90. The molecule has 124 valence electrons. The first kappa shape index (κ1) is 16.2. The molecule has 2 fully saturated rings. The van der Waals surface area contributed by atoms with Crippen LogP contribution >= 0.6 is 23.2 Å². The highest BCUT2D eigenvalue weighted by atomic mass is 35.5. The number of hydrogen-bond acceptors (Lipinski definition) is 4. The number of rotatable bonds is 2. The zero-order valence-corrected chi connectivity index (χ0v) is 14.0. The lowest BCUT2D eigenvalue weighted by atomic mass is 9.91. The van der Waals surface area contributed by atoms with Gasteiger partial charge >= 0.3 is 6.09 Å². The molecule has 0 radical (unpaired) electrons. The zero-order chi connectivity index (χ0) is 16.6. The Balaban J connectivity index is 1.78. The molecule has 8 heteroatoms. The third kappa shape index (κ3) is 2.93. The number of methoxy groups -OCH3 is 1. The van der Waals surface area contributed by atoms with E-state index in [-0.39, 0.29) is 17.2 Å². The van der Waals surface area contributed by atoms with E-state index in [0.29, 0.717) is 42.5 Å². The Hall–Kier alpha value is -1.66. The zero-order valence-electron chi connectivity index (χ0n) is 12.5. The van der Waals surface area contributed by atoms with Gasteiger partial charge in [-0.05, 0) is 12.1 Å². The number of nitrogens with zero attached hydrogens (tertiary/aromatic N) is 1. The molecule has 2 aliphatic rings. The first-order chi connectivity index (χ1) is 11.0. The number of alkyl carbamates (subject to hydrolysis) is 1. The van der Waals surface area contributed by atoms with Crippen LogP contribution in [0.15, 0.2) is 12.1 Å². The number of carbonyl (C=O) groups excluding carboxylic acids is 2. The second-order valence-electron chi connectivity index (χ2n) is 5.66. The minimum absolute atomic E-state index is 0.235. The van der Waals surface area contributed by atoms with Crippen LogP contribution in [0.2, 0.25) is 10.0 Å². The van der Waals surface area contributed by atoms with E-state index in [1.807, 2.05) is 0 Å². The summed E-state index contributed by atoms with van der Waals surface area (Å²) in [6.45, 7) is 1.43. The van der Waals surface area contributed by atoms with E-state index < -0.39 is 11.7 Å². The number of piperidine rings is 1. The van der Waals surface area contributed by atoms with Crippen molar-refractivity contribution in [3.05, 3.63) is 27.7 Å². The fraction of sp³-hybridized carbons (Fsp3) is 0.467. The maximum atomic E-state index is 12.8. The highest BCUT2D eigenvalue weighted by Crippen LogP contribution is 2.36. The molecule has 2 amide bonds. The summed E-state index contributed by atoms with van der Waals surface area (Å²) in [5.74, 6) is 0.0416. The summed E-state index contributed by atoms with van der Waals surface area (Å²) in [6, 6.07) is 3.17.